The summed E-state index contributed by atoms with van der Waals surface area (Å²) in [5, 5.41) is 0. The molecule has 22 heavy (non-hydrogen) atoms. The van der Waals surface area contributed by atoms with Gasteiger partial charge in [0.05, 0.1) is 0 Å². The molecule has 0 spiro atoms. The molecule has 5 atom stereocenters. The lowest BCUT2D eigenvalue weighted by Crippen LogP contribution is -2.14. The molecule has 0 aromatic carbocycles. The normalized spacial score (nSPS) is 29.4. The van der Waals surface area contributed by atoms with E-state index in [0.29, 0.717) is 0 Å². The van der Waals surface area contributed by atoms with Crippen molar-refractivity contribution in [2.24, 2.45) is 35.5 Å². The Balaban J connectivity index is 1.79. The number of rotatable bonds is 12. The van der Waals surface area contributed by atoms with Crippen LogP contribution in [0.2, 0.25) is 0 Å². The van der Waals surface area contributed by atoms with Crippen molar-refractivity contribution in [1.82, 2.24) is 0 Å². The van der Waals surface area contributed by atoms with Crippen LogP contribution in [0.15, 0.2) is 11.6 Å². The molecule has 1 saturated carbocycles. The molecule has 0 aliphatic heterocycles. The van der Waals surface area contributed by atoms with Crippen LogP contribution in [0.4, 0.5) is 0 Å². The molecule has 0 heteroatoms. The minimum atomic E-state index is 0.863. The summed E-state index contributed by atoms with van der Waals surface area (Å²) in [5.41, 5.74) is 1.81. The van der Waals surface area contributed by atoms with Gasteiger partial charge < -0.3 is 0 Å². The summed E-state index contributed by atoms with van der Waals surface area (Å²) < 4.78 is 0. The van der Waals surface area contributed by atoms with E-state index >= 15 is 0 Å². The van der Waals surface area contributed by atoms with Gasteiger partial charge >= 0.3 is 0 Å². The van der Waals surface area contributed by atoms with E-state index in [1.165, 1.54) is 57.8 Å². The zero-order valence-corrected chi connectivity index (χ0v) is 15.9. The SMILES string of the molecule is CCCCCCCC(C1C=C1CCC)C1CC1C(C)C(C)C. The largest absolute Gasteiger partial charge is 0.0772 e. The molecule has 2 aliphatic rings. The first-order chi connectivity index (χ1) is 10.6. The topological polar surface area (TPSA) is 0 Å². The summed E-state index contributed by atoms with van der Waals surface area (Å²) in [6, 6.07) is 0. The molecule has 128 valence electrons. The maximum absolute atomic E-state index is 2.62. The highest BCUT2D eigenvalue weighted by Crippen LogP contribution is 2.58. The summed E-state index contributed by atoms with van der Waals surface area (Å²) in [4.78, 5) is 0. The smallest absolute Gasteiger partial charge is 0.00109 e. The van der Waals surface area contributed by atoms with Crippen molar-refractivity contribution in [2.45, 2.75) is 92.4 Å². The van der Waals surface area contributed by atoms with Crippen LogP contribution in [0.3, 0.4) is 0 Å². The zero-order valence-electron chi connectivity index (χ0n) is 15.9. The van der Waals surface area contributed by atoms with Crippen LogP contribution >= 0.6 is 0 Å². The quantitative estimate of drug-likeness (QED) is 0.263. The van der Waals surface area contributed by atoms with E-state index in [4.69, 9.17) is 0 Å². The van der Waals surface area contributed by atoms with Gasteiger partial charge in [0.15, 0.2) is 0 Å². The molecule has 5 unspecified atom stereocenters. The van der Waals surface area contributed by atoms with Crippen molar-refractivity contribution >= 4 is 0 Å². The number of hydrogen-bond donors (Lipinski definition) is 0. The Bertz CT molecular complexity index is 351. The van der Waals surface area contributed by atoms with Crippen LogP contribution in [-0.4, -0.2) is 0 Å². The van der Waals surface area contributed by atoms with E-state index in [0.717, 1.165) is 35.5 Å². The first-order valence-electron chi connectivity index (χ1n) is 10.3. The van der Waals surface area contributed by atoms with Gasteiger partial charge in [-0.2, -0.15) is 0 Å². The van der Waals surface area contributed by atoms with Gasteiger partial charge in [0.25, 0.3) is 0 Å². The van der Waals surface area contributed by atoms with Crippen LogP contribution in [0.25, 0.3) is 0 Å². The summed E-state index contributed by atoms with van der Waals surface area (Å²) in [7, 11) is 0. The highest BCUT2D eigenvalue weighted by atomic mass is 14.5. The number of hydrogen-bond acceptors (Lipinski definition) is 0. The van der Waals surface area contributed by atoms with Gasteiger partial charge in [0.2, 0.25) is 0 Å². The Kier molecular flexibility index (Phi) is 7.03. The highest BCUT2D eigenvalue weighted by Gasteiger charge is 2.50. The molecule has 0 radical (unpaired) electrons. The van der Waals surface area contributed by atoms with Gasteiger partial charge in [-0.15, -0.1) is 0 Å². The third-order valence-electron chi connectivity index (χ3n) is 6.52. The Morgan fingerprint density at radius 2 is 1.68 bits per heavy atom. The average Bonchev–Trinajstić information content (AvgIpc) is 3.38. The van der Waals surface area contributed by atoms with E-state index in [-0.39, 0.29) is 0 Å². The van der Waals surface area contributed by atoms with Crippen LogP contribution in [0.5, 0.6) is 0 Å². The molecular weight excluding hydrogens is 264 g/mol. The molecule has 0 aromatic rings. The second kappa shape index (κ2) is 8.55. The predicted octanol–water partition coefficient (Wildman–Crippen LogP) is 7.25. The lowest BCUT2D eigenvalue weighted by atomic mass is 9.83. The molecule has 0 saturated heterocycles. The fourth-order valence-electron chi connectivity index (χ4n) is 4.59. The molecule has 2 rings (SSSR count). The maximum Gasteiger partial charge on any atom is 0.00109 e. The third kappa shape index (κ3) is 4.87. The first kappa shape index (κ1) is 18.1. The van der Waals surface area contributed by atoms with E-state index in [1.54, 1.807) is 0 Å². The van der Waals surface area contributed by atoms with Crippen LogP contribution < -0.4 is 0 Å². The zero-order chi connectivity index (χ0) is 16.1. The van der Waals surface area contributed by atoms with Crippen LogP contribution in [0, 0.1) is 35.5 Å². The van der Waals surface area contributed by atoms with Gasteiger partial charge in [0, 0.05) is 5.92 Å². The van der Waals surface area contributed by atoms with Crippen molar-refractivity contribution < 1.29 is 0 Å². The fourth-order valence-corrected chi connectivity index (χ4v) is 4.59. The van der Waals surface area contributed by atoms with Gasteiger partial charge in [-0.05, 0) is 48.9 Å². The van der Waals surface area contributed by atoms with Crippen molar-refractivity contribution in [3.05, 3.63) is 11.6 Å². The average molecular weight is 305 g/mol. The molecule has 0 aromatic heterocycles. The summed E-state index contributed by atoms with van der Waals surface area (Å²) in [6.07, 6.45) is 15.6. The maximum atomic E-state index is 2.62. The first-order valence-corrected chi connectivity index (χ1v) is 10.3. The monoisotopic (exact) mass is 304 g/mol. The van der Waals surface area contributed by atoms with E-state index < -0.39 is 0 Å². The van der Waals surface area contributed by atoms with Crippen LogP contribution in [-0.2, 0) is 0 Å². The molecule has 2 aliphatic carbocycles. The standard InChI is InChI=1S/C22H40/c1-6-8-9-10-11-13-19(21-14-18(21)12-7-2)22-15-20(22)17(5)16(3)4/h14,16-17,19-22H,6-13,15H2,1-5H3. The van der Waals surface area contributed by atoms with Crippen molar-refractivity contribution in [3.63, 3.8) is 0 Å². The molecule has 0 N–H and O–H groups in total. The molecule has 0 heterocycles. The van der Waals surface area contributed by atoms with E-state index in [1.807, 2.05) is 5.57 Å². The Hall–Kier alpha value is -0.260. The summed E-state index contributed by atoms with van der Waals surface area (Å²) >= 11 is 0. The highest BCUT2D eigenvalue weighted by molar-refractivity contribution is 5.31. The molecule has 0 amide bonds. The van der Waals surface area contributed by atoms with Gasteiger partial charge in [-0.3, -0.25) is 0 Å². The Morgan fingerprint density at radius 1 is 0.955 bits per heavy atom. The van der Waals surface area contributed by atoms with E-state index in [2.05, 4.69) is 40.7 Å². The van der Waals surface area contributed by atoms with Crippen molar-refractivity contribution in [2.75, 3.05) is 0 Å². The number of allylic oxidation sites excluding steroid dienone is 2. The second-order valence-corrected chi connectivity index (χ2v) is 8.55. The van der Waals surface area contributed by atoms with Crippen molar-refractivity contribution in [3.8, 4) is 0 Å². The molecular formula is C22H40. The fraction of sp³-hybridized carbons (Fsp3) is 0.909. The molecule has 1 fully saturated rings. The van der Waals surface area contributed by atoms with Crippen LogP contribution in [0.1, 0.15) is 92.4 Å². The van der Waals surface area contributed by atoms with E-state index in [9.17, 15) is 0 Å². The van der Waals surface area contributed by atoms with Gasteiger partial charge in [-0.25, -0.2) is 0 Å². The van der Waals surface area contributed by atoms with Gasteiger partial charge in [-0.1, -0.05) is 84.8 Å². The number of unbranched alkanes of at least 4 members (excludes halogenated alkanes) is 4. The Morgan fingerprint density at radius 3 is 2.32 bits per heavy atom. The minimum absolute atomic E-state index is 0.863. The third-order valence-corrected chi connectivity index (χ3v) is 6.52. The second-order valence-electron chi connectivity index (χ2n) is 8.55. The predicted molar refractivity (Wildman–Crippen MR) is 98.9 cm³/mol. The van der Waals surface area contributed by atoms with Crippen molar-refractivity contribution in [1.29, 1.82) is 0 Å². The molecule has 0 nitrogen and oxygen atoms in total. The van der Waals surface area contributed by atoms with Gasteiger partial charge in [0.1, 0.15) is 0 Å². The molecule has 0 bridgehead atoms. The minimum Gasteiger partial charge on any atom is -0.0772 e. The summed E-state index contributed by atoms with van der Waals surface area (Å²) in [5.74, 6) is 5.81. The Labute approximate surface area is 140 Å². The lowest BCUT2D eigenvalue weighted by molar-refractivity contribution is 0.294. The summed E-state index contributed by atoms with van der Waals surface area (Å²) in [6.45, 7) is 12.0. The lowest BCUT2D eigenvalue weighted by Gasteiger charge is -2.21.